The highest BCUT2D eigenvalue weighted by molar-refractivity contribution is 7.09. The van der Waals surface area contributed by atoms with Crippen LogP contribution in [-0.2, 0) is 6.42 Å². The number of carboxylic acid groups (broad SMARTS) is 1. The molecule has 5 nitrogen and oxygen atoms in total. The monoisotopic (exact) mass is 344 g/mol. The summed E-state index contributed by atoms with van der Waals surface area (Å²) in [6.45, 7) is 3.50. The average molecular weight is 344 g/mol. The zero-order valence-electron chi connectivity index (χ0n) is 13.6. The minimum atomic E-state index is -0.976. The number of likely N-dealkylation sites (tertiary alicyclic amines) is 1. The molecule has 6 heteroatoms. The summed E-state index contributed by atoms with van der Waals surface area (Å²) < 4.78 is 0. The highest BCUT2D eigenvalue weighted by Crippen LogP contribution is 2.24. The topological polar surface area (TPSA) is 70.5 Å². The fourth-order valence-corrected chi connectivity index (χ4v) is 3.85. The van der Waals surface area contributed by atoms with Crippen LogP contribution in [0.25, 0.3) is 0 Å². The molecule has 0 bridgehead atoms. The lowest BCUT2D eigenvalue weighted by molar-refractivity contribution is 0.0678. The highest BCUT2D eigenvalue weighted by Gasteiger charge is 2.24. The lowest BCUT2D eigenvalue weighted by atomic mass is 9.93. The number of aryl methyl sites for hydroxylation is 1. The normalized spacial score (nSPS) is 15.5. The molecule has 1 N–H and O–H groups in total. The van der Waals surface area contributed by atoms with Crippen molar-refractivity contribution >= 4 is 23.2 Å². The van der Waals surface area contributed by atoms with Gasteiger partial charge in [-0.3, -0.25) is 4.79 Å². The fraction of sp³-hybridized carbons (Fsp3) is 0.389. The summed E-state index contributed by atoms with van der Waals surface area (Å²) in [7, 11) is 0. The van der Waals surface area contributed by atoms with Gasteiger partial charge in [-0.05, 0) is 37.8 Å². The summed E-state index contributed by atoms with van der Waals surface area (Å²) in [6, 6.07) is 7.68. The molecule has 126 valence electrons. The number of aromatic carboxylic acids is 1. The molecule has 0 atom stereocenters. The molecular formula is C18H20N2O3S. The molecule has 1 aromatic heterocycles. The van der Waals surface area contributed by atoms with Crippen LogP contribution in [-0.4, -0.2) is 40.0 Å². The third-order valence-electron chi connectivity index (χ3n) is 4.43. The number of amides is 1. The van der Waals surface area contributed by atoms with E-state index in [2.05, 4.69) is 4.98 Å². The van der Waals surface area contributed by atoms with E-state index in [-0.39, 0.29) is 11.6 Å². The summed E-state index contributed by atoms with van der Waals surface area (Å²) >= 11 is 1.40. The van der Waals surface area contributed by atoms with E-state index in [1.54, 1.807) is 5.38 Å². The number of carbonyl (C=O) groups excluding carboxylic acids is 1. The Kier molecular flexibility index (Phi) is 4.94. The second-order valence-corrected chi connectivity index (χ2v) is 7.18. The van der Waals surface area contributed by atoms with E-state index < -0.39 is 5.97 Å². The van der Waals surface area contributed by atoms with Gasteiger partial charge in [0.15, 0.2) is 5.69 Å². The molecule has 24 heavy (non-hydrogen) atoms. The number of nitrogens with zero attached hydrogens (tertiary/aromatic N) is 2. The number of piperidine rings is 1. The number of aromatic nitrogens is 1. The van der Waals surface area contributed by atoms with Crippen LogP contribution in [0.1, 0.15) is 44.3 Å². The predicted molar refractivity (Wildman–Crippen MR) is 92.6 cm³/mol. The molecule has 0 spiro atoms. The van der Waals surface area contributed by atoms with Crippen molar-refractivity contribution in [1.82, 2.24) is 9.88 Å². The molecule has 1 aromatic carbocycles. The number of benzene rings is 1. The van der Waals surface area contributed by atoms with Gasteiger partial charge in [-0.15, -0.1) is 11.3 Å². The number of carboxylic acids is 1. The van der Waals surface area contributed by atoms with E-state index in [9.17, 15) is 9.59 Å². The number of carbonyl (C=O) groups is 2. The molecule has 1 saturated heterocycles. The smallest absolute Gasteiger partial charge is 0.355 e. The van der Waals surface area contributed by atoms with Gasteiger partial charge in [0.1, 0.15) is 0 Å². The van der Waals surface area contributed by atoms with Crippen molar-refractivity contribution in [2.45, 2.75) is 26.2 Å². The van der Waals surface area contributed by atoms with Gasteiger partial charge in [0, 0.05) is 30.5 Å². The Bertz CT molecular complexity index is 731. The minimum absolute atomic E-state index is 0.0934. The molecule has 1 fully saturated rings. The number of hydrogen-bond donors (Lipinski definition) is 1. The summed E-state index contributed by atoms with van der Waals surface area (Å²) in [4.78, 5) is 29.4. The Morgan fingerprint density at radius 3 is 2.50 bits per heavy atom. The van der Waals surface area contributed by atoms with Gasteiger partial charge >= 0.3 is 5.97 Å². The van der Waals surface area contributed by atoms with Gasteiger partial charge in [-0.1, -0.05) is 17.7 Å². The quantitative estimate of drug-likeness (QED) is 0.924. The number of rotatable bonds is 4. The predicted octanol–water partition coefficient (Wildman–Crippen LogP) is 3.24. The Morgan fingerprint density at radius 1 is 1.25 bits per heavy atom. The standard InChI is InChI=1S/C18H20N2O3S/c1-12-2-4-14(5-3-12)17(21)20-8-6-13(7-9-20)10-16-19-15(11-24-16)18(22)23/h2-5,11,13H,6-10H2,1H3,(H,22,23). The van der Waals surface area contributed by atoms with Crippen LogP contribution in [0.4, 0.5) is 0 Å². The molecule has 1 aliphatic heterocycles. The first kappa shape index (κ1) is 16.6. The van der Waals surface area contributed by atoms with Gasteiger partial charge in [-0.25, -0.2) is 9.78 Å². The summed E-state index contributed by atoms with van der Waals surface area (Å²) in [5, 5.41) is 11.4. The molecule has 0 aliphatic carbocycles. The number of thiazole rings is 1. The van der Waals surface area contributed by atoms with E-state index in [4.69, 9.17) is 5.11 Å². The first-order valence-electron chi connectivity index (χ1n) is 8.06. The molecule has 0 unspecified atom stereocenters. The number of hydrogen-bond acceptors (Lipinski definition) is 4. The minimum Gasteiger partial charge on any atom is -0.476 e. The fourth-order valence-electron chi connectivity index (χ4n) is 2.97. The SMILES string of the molecule is Cc1ccc(C(=O)N2CCC(Cc3nc(C(=O)O)cs3)CC2)cc1. The van der Waals surface area contributed by atoms with Gasteiger partial charge in [0.05, 0.1) is 5.01 Å². The molecule has 1 aliphatic rings. The van der Waals surface area contributed by atoms with Crippen LogP contribution >= 0.6 is 11.3 Å². The first-order valence-corrected chi connectivity index (χ1v) is 8.94. The third kappa shape index (κ3) is 3.82. The van der Waals surface area contributed by atoms with Gasteiger partial charge in [-0.2, -0.15) is 0 Å². The molecular weight excluding hydrogens is 324 g/mol. The van der Waals surface area contributed by atoms with Gasteiger partial charge < -0.3 is 10.0 Å². The van der Waals surface area contributed by atoms with E-state index in [0.29, 0.717) is 5.92 Å². The van der Waals surface area contributed by atoms with Crippen LogP contribution in [0, 0.1) is 12.8 Å². The maximum Gasteiger partial charge on any atom is 0.355 e. The zero-order chi connectivity index (χ0) is 17.1. The molecule has 2 heterocycles. The highest BCUT2D eigenvalue weighted by atomic mass is 32.1. The van der Waals surface area contributed by atoms with Gasteiger partial charge in [0.25, 0.3) is 5.91 Å². The average Bonchev–Trinajstić information content (AvgIpc) is 3.04. The van der Waals surface area contributed by atoms with Crippen molar-refractivity contribution < 1.29 is 14.7 Å². The van der Waals surface area contributed by atoms with Crippen molar-refractivity contribution in [2.75, 3.05) is 13.1 Å². The molecule has 1 amide bonds. The van der Waals surface area contributed by atoms with E-state index in [1.807, 2.05) is 36.1 Å². The van der Waals surface area contributed by atoms with Crippen LogP contribution in [0.5, 0.6) is 0 Å². The molecule has 0 saturated carbocycles. The lowest BCUT2D eigenvalue weighted by Gasteiger charge is -2.31. The molecule has 3 rings (SSSR count). The van der Waals surface area contributed by atoms with E-state index >= 15 is 0 Å². The maximum atomic E-state index is 12.5. The van der Waals surface area contributed by atoms with Crippen LogP contribution in [0.3, 0.4) is 0 Å². The first-order chi connectivity index (χ1) is 11.5. The van der Waals surface area contributed by atoms with Crippen molar-refractivity contribution in [1.29, 1.82) is 0 Å². The van der Waals surface area contributed by atoms with Crippen molar-refractivity contribution in [3.63, 3.8) is 0 Å². The molecule has 0 radical (unpaired) electrons. The van der Waals surface area contributed by atoms with Crippen LogP contribution in [0.2, 0.25) is 0 Å². The zero-order valence-corrected chi connectivity index (χ0v) is 14.4. The van der Waals surface area contributed by atoms with Crippen LogP contribution in [0.15, 0.2) is 29.6 Å². The summed E-state index contributed by atoms with van der Waals surface area (Å²) in [5.41, 5.74) is 2.02. The van der Waals surface area contributed by atoms with Crippen molar-refractivity contribution in [3.05, 3.63) is 51.5 Å². The Hall–Kier alpha value is -2.21. The van der Waals surface area contributed by atoms with Gasteiger partial charge in [0.2, 0.25) is 0 Å². The lowest BCUT2D eigenvalue weighted by Crippen LogP contribution is -2.38. The largest absolute Gasteiger partial charge is 0.476 e. The second kappa shape index (κ2) is 7.13. The maximum absolute atomic E-state index is 12.5. The molecule has 2 aromatic rings. The third-order valence-corrected chi connectivity index (χ3v) is 5.31. The van der Waals surface area contributed by atoms with E-state index in [1.165, 1.54) is 11.3 Å². The Balaban J connectivity index is 1.54. The van der Waals surface area contributed by atoms with Crippen LogP contribution < -0.4 is 0 Å². The Morgan fingerprint density at radius 2 is 1.92 bits per heavy atom. The Labute approximate surface area is 145 Å². The van der Waals surface area contributed by atoms with Crippen molar-refractivity contribution in [3.8, 4) is 0 Å². The second-order valence-electron chi connectivity index (χ2n) is 6.24. The van der Waals surface area contributed by atoms with E-state index in [0.717, 1.165) is 48.5 Å². The van der Waals surface area contributed by atoms with Crippen molar-refractivity contribution in [2.24, 2.45) is 5.92 Å². The summed E-state index contributed by atoms with van der Waals surface area (Å²) in [6.07, 6.45) is 2.66. The summed E-state index contributed by atoms with van der Waals surface area (Å²) in [5.74, 6) is -0.424.